The Morgan fingerprint density at radius 3 is 2.32 bits per heavy atom. The van der Waals surface area contributed by atoms with Crippen LogP contribution in [0.25, 0.3) is 11.1 Å². The Bertz CT molecular complexity index is 715. The van der Waals surface area contributed by atoms with Crippen LogP contribution in [0.15, 0.2) is 36.4 Å². The van der Waals surface area contributed by atoms with Crippen LogP contribution >= 0.6 is 0 Å². The van der Waals surface area contributed by atoms with Gasteiger partial charge in [-0.3, -0.25) is 4.39 Å². The molecule has 2 aromatic carbocycles. The molecule has 0 N–H and O–H groups in total. The Morgan fingerprint density at radius 1 is 0.920 bits per heavy atom. The second kappa shape index (κ2) is 8.07. The number of alkyl halides is 1. The summed E-state index contributed by atoms with van der Waals surface area (Å²) in [5.41, 5.74) is 2.60. The first-order valence-corrected chi connectivity index (χ1v) is 9.20. The van der Waals surface area contributed by atoms with E-state index in [-0.39, 0.29) is 18.3 Å². The summed E-state index contributed by atoms with van der Waals surface area (Å²) >= 11 is 0. The van der Waals surface area contributed by atoms with Crippen LogP contribution in [0, 0.1) is 24.5 Å². The number of hydrogen-bond donors (Lipinski definition) is 0. The van der Waals surface area contributed by atoms with Gasteiger partial charge in [-0.15, -0.1) is 0 Å². The van der Waals surface area contributed by atoms with Crippen molar-refractivity contribution in [3.8, 4) is 11.1 Å². The third kappa shape index (κ3) is 4.26. The highest BCUT2D eigenvalue weighted by Gasteiger charge is 2.23. The number of rotatable bonds is 5. The van der Waals surface area contributed by atoms with Crippen LogP contribution in [-0.2, 0) is 0 Å². The molecule has 1 aliphatic carbocycles. The molecule has 0 unspecified atom stereocenters. The van der Waals surface area contributed by atoms with Gasteiger partial charge >= 0.3 is 0 Å². The molecule has 1 saturated carbocycles. The summed E-state index contributed by atoms with van der Waals surface area (Å²) in [7, 11) is 0. The van der Waals surface area contributed by atoms with Crippen molar-refractivity contribution < 1.29 is 13.2 Å². The molecule has 0 spiro atoms. The summed E-state index contributed by atoms with van der Waals surface area (Å²) < 4.78 is 40.6. The van der Waals surface area contributed by atoms with Gasteiger partial charge in [0.05, 0.1) is 6.67 Å². The fourth-order valence-corrected chi connectivity index (χ4v) is 3.93. The maximum Gasteiger partial charge on any atom is 0.131 e. The van der Waals surface area contributed by atoms with Crippen molar-refractivity contribution in [2.45, 2.75) is 51.4 Å². The standard InChI is InChI=1S/C22H25F3/c1-15-4-7-19(14-21(15)24)20-11-10-18(13-22(20)25)17-8-5-16(6-9-17)3-2-12-23/h4,7,10-11,13-14,16-17H,2-3,5-6,8-9,12H2,1H3. The van der Waals surface area contributed by atoms with Crippen molar-refractivity contribution in [2.75, 3.05) is 6.67 Å². The largest absolute Gasteiger partial charge is 0.251 e. The molecule has 1 aliphatic rings. The molecular formula is C22H25F3. The lowest BCUT2D eigenvalue weighted by atomic mass is 9.77. The van der Waals surface area contributed by atoms with Crippen LogP contribution in [0.4, 0.5) is 13.2 Å². The molecule has 0 aromatic heterocycles. The summed E-state index contributed by atoms with van der Waals surface area (Å²) in [6, 6.07) is 10.2. The Morgan fingerprint density at radius 2 is 1.68 bits per heavy atom. The molecule has 1 fully saturated rings. The van der Waals surface area contributed by atoms with E-state index in [2.05, 4.69) is 0 Å². The van der Waals surface area contributed by atoms with Crippen LogP contribution in [-0.4, -0.2) is 6.67 Å². The quantitative estimate of drug-likeness (QED) is 0.549. The van der Waals surface area contributed by atoms with Gasteiger partial charge in [-0.1, -0.05) is 24.3 Å². The van der Waals surface area contributed by atoms with Crippen molar-refractivity contribution in [1.82, 2.24) is 0 Å². The Kier molecular flexibility index (Phi) is 5.82. The molecule has 3 rings (SSSR count). The van der Waals surface area contributed by atoms with Gasteiger partial charge < -0.3 is 0 Å². The van der Waals surface area contributed by atoms with Crippen LogP contribution in [0.5, 0.6) is 0 Å². The number of halogens is 3. The van der Waals surface area contributed by atoms with E-state index < -0.39 is 0 Å². The molecule has 0 heterocycles. The average molecular weight is 346 g/mol. The minimum absolute atomic E-state index is 0.230. The SMILES string of the molecule is Cc1ccc(-c2ccc(C3CCC(CCCF)CC3)cc2F)cc1F. The first kappa shape index (κ1) is 18.0. The van der Waals surface area contributed by atoms with E-state index in [0.717, 1.165) is 37.7 Å². The Balaban J connectivity index is 1.71. The van der Waals surface area contributed by atoms with Crippen molar-refractivity contribution in [3.63, 3.8) is 0 Å². The smallest absolute Gasteiger partial charge is 0.131 e. The van der Waals surface area contributed by atoms with E-state index in [1.165, 1.54) is 6.07 Å². The molecule has 0 amide bonds. The predicted octanol–water partition coefficient (Wildman–Crippen LogP) is 6.96. The van der Waals surface area contributed by atoms with Gasteiger partial charge in [0, 0.05) is 5.56 Å². The van der Waals surface area contributed by atoms with Crippen LogP contribution in [0.3, 0.4) is 0 Å². The zero-order valence-corrected chi connectivity index (χ0v) is 14.7. The number of benzene rings is 2. The lowest BCUT2D eigenvalue weighted by Gasteiger charge is -2.28. The monoisotopic (exact) mass is 346 g/mol. The summed E-state index contributed by atoms with van der Waals surface area (Å²) in [4.78, 5) is 0. The van der Waals surface area contributed by atoms with Gasteiger partial charge in [-0.2, -0.15) is 0 Å². The Labute approximate surface area is 148 Å². The first-order valence-electron chi connectivity index (χ1n) is 9.20. The third-order valence-electron chi connectivity index (χ3n) is 5.54. The molecule has 134 valence electrons. The molecule has 25 heavy (non-hydrogen) atoms. The molecule has 0 saturated heterocycles. The summed E-state index contributed by atoms with van der Waals surface area (Å²) in [5.74, 6) is 0.388. The van der Waals surface area contributed by atoms with E-state index >= 15 is 0 Å². The van der Waals surface area contributed by atoms with Crippen molar-refractivity contribution in [1.29, 1.82) is 0 Å². The van der Waals surface area contributed by atoms with E-state index in [1.807, 2.05) is 6.07 Å². The van der Waals surface area contributed by atoms with E-state index in [9.17, 15) is 13.2 Å². The predicted molar refractivity (Wildman–Crippen MR) is 96.4 cm³/mol. The minimum Gasteiger partial charge on any atom is -0.251 e. The minimum atomic E-state index is -0.312. The van der Waals surface area contributed by atoms with Crippen LogP contribution in [0.2, 0.25) is 0 Å². The maximum absolute atomic E-state index is 14.6. The fourth-order valence-electron chi connectivity index (χ4n) is 3.93. The molecule has 0 atom stereocenters. The second-order valence-electron chi connectivity index (χ2n) is 7.25. The molecule has 0 aliphatic heterocycles. The zero-order valence-electron chi connectivity index (χ0n) is 14.7. The summed E-state index contributed by atoms with van der Waals surface area (Å²) in [6.07, 6.45) is 5.89. The molecule has 2 aromatic rings. The lowest BCUT2D eigenvalue weighted by Crippen LogP contribution is -2.13. The van der Waals surface area contributed by atoms with E-state index in [1.54, 1.807) is 31.2 Å². The highest BCUT2D eigenvalue weighted by atomic mass is 19.1. The molecule has 3 heteroatoms. The van der Waals surface area contributed by atoms with Gasteiger partial charge in [0.25, 0.3) is 0 Å². The first-order chi connectivity index (χ1) is 12.1. The van der Waals surface area contributed by atoms with Gasteiger partial charge in [0.1, 0.15) is 11.6 Å². The second-order valence-corrected chi connectivity index (χ2v) is 7.25. The third-order valence-corrected chi connectivity index (χ3v) is 5.54. The highest BCUT2D eigenvalue weighted by molar-refractivity contribution is 5.65. The topological polar surface area (TPSA) is 0 Å². The van der Waals surface area contributed by atoms with Crippen molar-refractivity contribution in [2.24, 2.45) is 5.92 Å². The van der Waals surface area contributed by atoms with Gasteiger partial charge in [0.15, 0.2) is 0 Å². The number of aryl methyl sites for hydroxylation is 1. The van der Waals surface area contributed by atoms with Gasteiger partial charge in [-0.25, -0.2) is 8.78 Å². The molecule has 0 nitrogen and oxygen atoms in total. The Hall–Kier alpha value is -1.77. The van der Waals surface area contributed by atoms with Crippen molar-refractivity contribution >= 4 is 0 Å². The van der Waals surface area contributed by atoms with Gasteiger partial charge in [0.2, 0.25) is 0 Å². The normalized spacial score (nSPS) is 20.6. The van der Waals surface area contributed by atoms with Crippen molar-refractivity contribution in [3.05, 3.63) is 59.2 Å². The molecular weight excluding hydrogens is 321 g/mol. The van der Waals surface area contributed by atoms with Crippen LogP contribution in [0.1, 0.15) is 55.6 Å². The van der Waals surface area contributed by atoms with Crippen LogP contribution < -0.4 is 0 Å². The fraction of sp³-hybridized carbons (Fsp3) is 0.455. The van der Waals surface area contributed by atoms with E-state index in [4.69, 9.17) is 0 Å². The zero-order chi connectivity index (χ0) is 17.8. The number of hydrogen-bond acceptors (Lipinski definition) is 0. The lowest BCUT2D eigenvalue weighted by molar-refractivity contribution is 0.293. The summed E-state index contributed by atoms with van der Waals surface area (Å²) in [6.45, 7) is 1.47. The molecule has 0 radical (unpaired) electrons. The molecule has 0 bridgehead atoms. The average Bonchev–Trinajstić information content (AvgIpc) is 2.63. The maximum atomic E-state index is 14.6. The van der Waals surface area contributed by atoms with E-state index in [0.29, 0.717) is 34.9 Å². The summed E-state index contributed by atoms with van der Waals surface area (Å²) in [5, 5.41) is 0. The van der Waals surface area contributed by atoms with Gasteiger partial charge in [-0.05, 0) is 86.1 Å². The highest BCUT2D eigenvalue weighted by Crippen LogP contribution is 2.38.